The molecule has 2 heteroatoms. The van der Waals surface area contributed by atoms with Crippen molar-refractivity contribution in [3.63, 3.8) is 0 Å². The second-order valence-electron chi connectivity index (χ2n) is 7.81. The van der Waals surface area contributed by atoms with Gasteiger partial charge in [0.15, 0.2) is 0 Å². The quantitative estimate of drug-likeness (QED) is 0.282. The average molecular weight is 398 g/mol. The highest BCUT2D eigenvalue weighted by atomic mass is 31.2. The zero-order valence-corrected chi connectivity index (χ0v) is 18.9. The van der Waals surface area contributed by atoms with Crippen LogP contribution in [0.25, 0.3) is 5.57 Å². The first-order chi connectivity index (χ1) is 13.7. The number of aliphatic hydroxyl groups is 1. The highest BCUT2D eigenvalue weighted by molar-refractivity contribution is 7.79. The van der Waals surface area contributed by atoms with E-state index < -0.39 is 7.26 Å². The van der Waals surface area contributed by atoms with E-state index in [9.17, 15) is 5.11 Å². The third-order valence-corrected chi connectivity index (χ3v) is 10.3. The topological polar surface area (TPSA) is 20.2 Å². The van der Waals surface area contributed by atoms with Crippen molar-refractivity contribution in [3.8, 4) is 0 Å². The van der Waals surface area contributed by atoms with Crippen molar-refractivity contribution in [2.24, 2.45) is 0 Å². The molecule has 0 fully saturated rings. The van der Waals surface area contributed by atoms with Crippen molar-refractivity contribution in [3.05, 3.63) is 77.3 Å². The summed E-state index contributed by atoms with van der Waals surface area (Å²) in [5, 5.41) is 11.9. The molecule has 0 heterocycles. The van der Waals surface area contributed by atoms with Crippen LogP contribution in [0.5, 0.6) is 0 Å². The Labute approximate surface area is 173 Å². The smallest absolute Gasteiger partial charge is 0.246 e. The van der Waals surface area contributed by atoms with Crippen LogP contribution in [0.2, 0.25) is 0 Å². The molecule has 0 aliphatic heterocycles. The highest BCUT2D eigenvalue weighted by Crippen LogP contribution is 2.68. The SMILES string of the molecule is CCCC[P+](CCCC)(CCCC)C(O)=C(c1ccccc1)c1ccccc1. The summed E-state index contributed by atoms with van der Waals surface area (Å²) in [4.78, 5) is 0. The van der Waals surface area contributed by atoms with Gasteiger partial charge in [0, 0.05) is 0 Å². The molecule has 152 valence electrons. The highest BCUT2D eigenvalue weighted by Gasteiger charge is 2.43. The zero-order valence-electron chi connectivity index (χ0n) is 18.0. The summed E-state index contributed by atoms with van der Waals surface area (Å²) < 4.78 is 0. The van der Waals surface area contributed by atoms with Crippen LogP contribution in [0.4, 0.5) is 0 Å². The molecular formula is C26H38OP+. The molecule has 0 unspecified atom stereocenters. The van der Waals surface area contributed by atoms with Crippen LogP contribution in [0.15, 0.2) is 66.2 Å². The zero-order chi connectivity index (χ0) is 20.2. The van der Waals surface area contributed by atoms with Crippen LogP contribution in [0, 0.1) is 0 Å². The van der Waals surface area contributed by atoms with Crippen LogP contribution in [-0.2, 0) is 0 Å². The van der Waals surface area contributed by atoms with E-state index in [1.165, 1.54) is 57.0 Å². The Balaban J connectivity index is 2.66. The number of unbranched alkanes of at least 4 members (excludes halogenated alkanes) is 3. The van der Waals surface area contributed by atoms with Crippen LogP contribution in [0.1, 0.15) is 70.4 Å². The second-order valence-corrected chi connectivity index (χ2v) is 11.9. The van der Waals surface area contributed by atoms with Gasteiger partial charge in [0.05, 0.1) is 31.3 Å². The molecule has 0 aliphatic carbocycles. The third kappa shape index (κ3) is 5.95. The number of aliphatic hydroxyl groups excluding tert-OH is 1. The summed E-state index contributed by atoms with van der Waals surface area (Å²) >= 11 is 0. The van der Waals surface area contributed by atoms with Gasteiger partial charge in [-0.25, -0.2) is 0 Å². The van der Waals surface area contributed by atoms with E-state index >= 15 is 0 Å². The number of benzene rings is 2. The molecule has 0 radical (unpaired) electrons. The van der Waals surface area contributed by atoms with Crippen molar-refractivity contribution in [1.82, 2.24) is 0 Å². The summed E-state index contributed by atoms with van der Waals surface area (Å²) in [6.07, 6.45) is 10.7. The minimum absolute atomic E-state index is 0.722. The first-order valence-electron chi connectivity index (χ1n) is 11.1. The molecule has 1 N–H and O–H groups in total. The fourth-order valence-electron chi connectivity index (χ4n) is 3.91. The monoisotopic (exact) mass is 397 g/mol. The fourth-order valence-corrected chi connectivity index (χ4v) is 8.71. The van der Waals surface area contributed by atoms with Gasteiger partial charge >= 0.3 is 0 Å². The molecular weight excluding hydrogens is 359 g/mol. The van der Waals surface area contributed by atoms with Gasteiger partial charge in [0.2, 0.25) is 5.50 Å². The van der Waals surface area contributed by atoms with E-state index in [0.29, 0.717) is 0 Å². The van der Waals surface area contributed by atoms with Gasteiger partial charge < -0.3 is 5.11 Å². The molecule has 0 amide bonds. The van der Waals surface area contributed by atoms with Crippen LogP contribution in [0.3, 0.4) is 0 Å². The third-order valence-electron chi connectivity index (χ3n) is 5.62. The molecule has 0 saturated carbocycles. The van der Waals surface area contributed by atoms with E-state index in [4.69, 9.17) is 0 Å². The van der Waals surface area contributed by atoms with Gasteiger partial charge in [-0.15, -0.1) is 0 Å². The lowest BCUT2D eigenvalue weighted by molar-refractivity contribution is 0.451. The Morgan fingerprint density at radius 1 is 0.643 bits per heavy atom. The predicted octanol–water partition coefficient (Wildman–Crippen LogP) is 8.38. The molecule has 0 saturated heterocycles. The van der Waals surface area contributed by atoms with E-state index in [1.54, 1.807) is 0 Å². The summed E-state index contributed by atoms with van der Waals surface area (Å²) in [6, 6.07) is 21.0. The minimum atomic E-state index is -1.59. The van der Waals surface area contributed by atoms with Gasteiger partial charge in [-0.3, -0.25) is 0 Å². The van der Waals surface area contributed by atoms with Crippen LogP contribution < -0.4 is 0 Å². The Morgan fingerprint density at radius 2 is 1.00 bits per heavy atom. The standard InChI is InChI=1S/C26H37OP/c1-4-7-20-28(21-8-5-2,22-9-6-3)26(27)25(23-16-12-10-13-17-23)24-18-14-11-15-19-24/h10-19H,4-9,20-22H2,1-3H3/p+1. The fraction of sp³-hybridized carbons (Fsp3) is 0.462. The summed E-state index contributed by atoms with van der Waals surface area (Å²) in [5.74, 6) is 0. The van der Waals surface area contributed by atoms with Gasteiger partial charge in [0.1, 0.15) is 0 Å². The molecule has 2 aromatic rings. The Kier molecular flexibility index (Phi) is 9.79. The average Bonchev–Trinajstić information content (AvgIpc) is 2.75. The minimum Gasteiger partial charge on any atom is -0.481 e. The molecule has 0 atom stereocenters. The summed E-state index contributed by atoms with van der Waals surface area (Å²) in [6.45, 7) is 6.80. The van der Waals surface area contributed by atoms with E-state index in [-0.39, 0.29) is 0 Å². The van der Waals surface area contributed by atoms with E-state index in [1.807, 2.05) is 0 Å². The van der Waals surface area contributed by atoms with Crippen molar-refractivity contribution in [1.29, 1.82) is 0 Å². The van der Waals surface area contributed by atoms with E-state index in [2.05, 4.69) is 81.4 Å². The first-order valence-corrected chi connectivity index (χ1v) is 13.4. The van der Waals surface area contributed by atoms with Crippen LogP contribution >= 0.6 is 7.26 Å². The molecule has 0 aliphatic rings. The lowest BCUT2D eigenvalue weighted by Crippen LogP contribution is -2.13. The maximum Gasteiger partial charge on any atom is 0.246 e. The molecule has 0 bridgehead atoms. The Morgan fingerprint density at radius 3 is 1.32 bits per heavy atom. The molecule has 0 spiro atoms. The van der Waals surface area contributed by atoms with Crippen molar-refractivity contribution in [2.75, 3.05) is 18.5 Å². The molecule has 28 heavy (non-hydrogen) atoms. The van der Waals surface area contributed by atoms with E-state index in [0.717, 1.165) is 22.2 Å². The lowest BCUT2D eigenvalue weighted by Gasteiger charge is -2.28. The first kappa shape index (κ1) is 22.7. The molecule has 2 aromatic carbocycles. The maximum absolute atomic E-state index is 11.9. The number of hydrogen-bond donors (Lipinski definition) is 1. The lowest BCUT2D eigenvalue weighted by atomic mass is 9.99. The number of rotatable bonds is 12. The van der Waals surface area contributed by atoms with Gasteiger partial charge in [-0.2, -0.15) is 0 Å². The summed E-state index contributed by atoms with van der Waals surface area (Å²) in [5.41, 5.74) is 4.07. The van der Waals surface area contributed by atoms with Crippen molar-refractivity contribution < 1.29 is 5.11 Å². The molecule has 1 nitrogen and oxygen atoms in total. The second kappa shape index (κ2) is 12.1. The Hall–Kier alpha value is -1.59. The van der Waals surface area contributed by atoms with Gasteiger partial charge in [-0.05, 0) is 30.4 Å². The van der Waals surface area contributed by atoms with Gasteiger partial charge in [0.25, 0.3) is 0 Å². The van der Waals surface area contributed by atoms with Crippen molar-refractivity contribution >= 4 is 12.8 Å². The number of hydrogen-bond acceptors (Lipinski definition) is 1. The van der Waals surface area contributed by atoms with Crippen LogP contribution in [-0.4, -0.2) is 23.6 Å². The molecule has 0 aromatic heterocycles. The van der Waals surface area contributed by atoms with Crippen molar-refractivity contribution in [2.45, 2.75) is 59.3 Å². The predicted molar refractivity (Wildman–Crippen MR) is 128 cm³/mol. The largest absolute Gasteiger partial charge is 0.481 e. The normalized spacial score (nSPS) is 11.4. The van der Waals surface area contributed by atoms with Gasteiger partial charge in [-0.1, -0.05) is 101 Å². The molecule has 2 rings (SSSR count). The Bertz CT molecular complexity index is 642. The summed E-state index contributed by atoms with van der Waals surface area (Å²) in [7, 11) is -1.59. The maximum atomic E-state index is 11.9.